The normalized spacial score (nSPS) is 12.5. The lowest BCUT2D eigenvalue weighted by Gasteiger charge is -2.21. The van der Waals surface area contributed by atoms with E-state index in [0.29, 0.717) is 35.8 Å². The van der Waals surface area contributed by atoms with Crippen molar-refractivity contribution >= 4 is 21.6 Å². The number of nitrogens with zero attached hydrogens (tertiary/aromatic N) is 1. The van der Waals surface area contributed by atoms with Crippen LogP contribution in [0.3, 0.4) is 0 Å². The van der Waals surface area contributed by atoms with Gasteiger partial charge in [-0.05, 0) is 79.9 Å². The van der Waals surface area contributed by atoms with E-state index in [1.165, 1.54) is 12.1 Å². The van der Waals surface area contributed by atoms with Gasteiger partial charge in [0, 0.05) is 18.7 Å². The molecule has 0 fully saturated rings. The molecule has 0 saturated heterocycles. The van der Waals surface area contributed by atoms with Gasteiger partial charge in [-0.1, -0.05) is 18.2 Å². The van der Waals surface area contributed by atoms with Crippen LogP contribution in [0.1, 0.15) is 34.0 Å². The van der Waals surface area contributed by atoms with Crippen LogP contribution >= 0.6 is 0 Å². The molecule has 1 heterocycles. The number of sulfonamides is 1. The van der Waals surface area contributed by atoms with Crippen LogP contribution in [0.25, 0.3) is 0 Å². The number of hydrogen-bond acceptors (Lipinski definition) is 5. The molecule has 0 unspecified atom stereocenters. The summed E-state index contributed by atoms with van der Waals surface area (Å²) in [6, 6.07) is 17.1. The fourth-order valence-corrected chi connectivity index (χ4v) is 4.73. The standard InChI is InChI=1S/C25H26N2O5S/c1-4-27(15-19-8-13-23-24(14-19)32-16-31-23)25(28)20-9-11-21(12-10-20)33(29,30)26-22-7-5-6-17(2)18(22)3/h5-14,26H,4,15-16H2,1-3H3. The van der Waals surface area contributed by atoms with Crippen LogP contribution in [-0.4, -0.2) is 32.6 Å². The van der Waals surface area contributed by atoms with Crippen molar-refractivity contribution in [1.29, 1.82) is 0 Å². The Morgan fingerprint density at radius 3 is 2.45 bits per heavy atom. The van der Waals surface area contributed by atoms with Gasteiger partial charge in [0.2, 0.25) is 6.79 Å². The maximum atomic E-state index is 13.1. The first-order chi connectivity index (χ1) is 15.8. The number of amides is 1. The molecule has 1 amide bonds. The molecule has 1 aliphatic heterocycles. The Labute approximate surface area is 194 Å². The smallest absolute Gasteiger partial charge is 0.261 e. The Kier molecular flexibility index (Phi) is 6.29. The lowest BCUT2D eigenvalue weighted by molar-refractivity contribution is 0.0752. The summed E-state index contributed by atoms with van der Waals surface area (Å²) in [7, 11) is -3.78. The van der Waals surface area contributed by atoms with Crippen molar-refractivity contribution in [1.82, 2.24) is 4.90 Å². The summed E-state index contributed by atoms with van der Waals surface area (Å²) in [6.07, 6.45) is 0. The average molecular weight is 467 g/mol. The molecule has 7 nitrogen and oxygen atoms in total. The fourth-order valence-electron chi connectivity index (χ4n) is 3.61. The second kappa shape index (κ2) is 9.15. The number of anilines is 1. The molecule has 1 aliphatic rings. The Bertz CT molecular complexity index is 1290. The van der Waals surface area contributed by atoms with E-state index in [4.69, 9.17) is 9.47 Å². The third kappa shape index (κ3) is 4.80. The summed E-state index contributed by atoms with van der Waals surface area (Å²) >= 11 is 0. The van der Waals surface area contributed by atoms with Crippen molar-refractivity contribution in [2.75, 3.05) is 18.1 Å². The van der Waals surface area contributed by atoms with E-state index in [1.54, 1.807) is 29.2 Å². The van der Waals surface area contributed by atoms with Crippen LogP contribution in [0, 0.1) is 13.8 Å². The van der Waals surface area contributed by atoms with Gasteiger partial charge in [0.05, 0.1) is 10.6 Å². The van der Waals surface area contributed by atoms with E-state index in [-0.39, 0.29) is 17.6 Å². The topological polar surface area (TPSA) is 84.9 Å². The van der Waals surface area contributed by atoms with Gasteiger partial charge < -0.3 is 14.4 Å². The van der Waals surface area contributed by atoms with E-state index in [2.05, 4.69) is 4.72 Å². The zero-order chi connectivity index (χ0) is 23.6. The Balaban J connectivity index is 1.49. The quantitative estimate of drug-likeness (QED) is 0.554. The summed E-state index contributed by atoms with van der Waals surface area (Å²) in [4.78, 5) is 14.8. The molecule has 0 atom stereocenters. The molecule has 0 spiro atoms. The predicted octanol–water partition coefficient (Wildman–Crippen LogP) is 4.50. The van der Waals surface area contributed by atoms with Crippen molar-refractivity contribution in [2.45, 2.75) is 32.2 Å². The number of fused-ring (bicyclic) bond motifs is 1. The minimum absolute atomic E-state index is 0.0961. The predicted molar refractivity (Wildman–Crippen MR) is 126 cm³/mol. The molecule has 0 radical (unpaired) electrons. The monoisotopic (exact) mass is 466 g/mol. The van der Waals surface area contributed by atoms with E-state index < -0.39 is 10.0 Å². The number of benzene rings is 3. The SMILES string of the molecule is CCN(Cc1ccc2c(c1)OCO2)C(=O)c1ccc(S(=O)(=O)Nc2cccc(C)c2C)cc1. The summed E-state index contributed by atoms with van der Waals surface area (Å²) < 4.78 is 39.1. The van der Waals surface area contributed by atoms with Gasteiger partial charge in [-0.15, -0.1) is 0 Å². The van der Waals surface area contributed by atoms with E-state index >= 15 is 0 Å². The second-order valence-electron chi connectivity index (χ2n) is 7.88. The van der Waals surface area contributed by atoms with Gasteiger partial charge >= 0.3 is 0 Å². The average Bonchev–Trinajstić information content (AvgIpc) is 3.28. The summed E-state index contributed by atoms with van der Waals surface area (Å²) in [5.41, 5.74) is 3.75. The van der Waals surface area contributed by atoms with Crippen molar-refractivity contribution in [3.05, 3.63) is 82.9 Å². The van der Waals surface area contributed by atoms with Crippen molar-refractivity contribution < 1.29 is 22.7 Å². The maximum Gasteiger partial charge on any atom is 0.261 e. The molecule has 0 bridgehead atoms. The van der Waals surface area contributed by atoms with Crippen LogP contribution in [-0.2, 0) is 16.6 Å². The number of ether oxygens (including phenoxy) is 2. The highest BCUT2D eigenvalue weighted by molar-refractivity contribution is 7.92. The molecule has 0 saturated carbocycles. The van der Waals surface area contributed by atoms with E-state index in [9.17, 15) is 13.2 Å². The molecule has 3 aromatic carbocycles. The zero-order valence-electron chi connectivity index (χ0n) is 18.8. The second-order valence-corrected chi connectivity index (χ2v) is 9.57. The van der Waals surface area contributed by atoms with Crippen LogP contribution in [0.2, 0.25) is 0 Å². The largest absolute Gasteiger partial charge is 0.454 e. The third-order valence-electron chi connectivity index (χ3n) is 5.74. The maximum absolute atomic E-state index is 13.1. The highest BCUT2D eigenvalue weighted by Crippen LogP contribution is 2.33. The highest BCUT2D eigenvalue weighted by atomic mass is 32.2. The van der Waals surface area contributed by atoms with Crippen LogP contribution in [0.4, 0.5) is 5.69 Å². The molecule has 172 valence electrons. The fraction of sp³-hybridized carbons (Fsp3) is 0.240. The van der Waals surface area contributed by atoms with Crippen molar-refractivity contribution in [3.63, 3.8) is 0 Å². The van der Waals surface area contributed by atoms with Gasteiger partial charge in [0.15, 0.2) is 11.5 Å². The van der Waals surface area contributed by atoms with Gasteiger partial charge in [-0.2, -0.15) is 0 Å². The summed E-state index contributed by atoms with van der Waals surface area (Å²) in [6.45, 7) is 6.80. The minimum atomic E-state index is -3.78. The minimum Gasteiger partial charge on any atom is -0.454 e. The van der Waals surface area contributed by atoms with E-state index in [0.717, 1.165) is 16.7 Å². The number of nitrogens with one attached hydrogen (secondary N) is 1. The first-order valence-corrected chi connectivity index (χ1v) is 12.1. The molecular formula is C25H26N2O5S. The summed E-state index contributed by atoms with van der Waals surface area (Å²) in [5, 5.41) is 0. The Hall–Kier alpha value is -3.52. The molecule has 0 aromatic heterocycles. The molecule has 1 N–H and O–H groups in total. The molecule has 33 heavy (non-hydrogen) atoms. The Morgan fingerprint density at radius 2 is 1.73 bits per heavy atom. The van der Waals surface area contributed by atoms with Crippen LogP contribution in [0.15, 0.2) is 65.6 Å². The number of carbonyl (C=O) groups is 1. The molecule has 3 aromatic rings. The van der Waals surface area contributed by atoms with Gasteiger partial charge in [0.25, 0.3) is 15.9 Å². The third-order valence-corrected chi connectivity index (χ3v) is 7.12. The van der Waals surface area contributed by atoms with Crippen LogP contribution < -0.4 is 14.2 Å². The van der Waals surface area contributed by atoms with Gasteiger partial charge in [-0.3, -0.25) is 9.52 Å². The number of rotatable bonds is 7. The summed E-state index contributed by atoms with van der Waals surface area (Å²) in [5.74, 6) is 1.18. The van der Waals surface area contributed by atoms with Crippen molar-refractivity contribution in [2.24, 2.45) is 0 Å². The lowest BCUT2D eigenvalue weighted by atomic mass is 10.1. The van der Waals surface area contributed by atoms with Crippen molar-refractivity contribution in [3.8, 4) is 11.5 Å². The van der Waals surface area contributed by atoms with Crippen LogP contribution in [0.5, 0.6) is 11.5 Å². The molecule has 0 aliphatic carbocycles. The van der Waals surface area contributed by atoms with E-state index in [1.807, 2.05) is 45.0 Å². The molecular weight excluding hydrogens is 440 g/mol. The Morgan fingerprint density at radius 1 is 1.00 bits per heavy atom. The first kappa shape index (κ1) is 22.7. The molecule has 8 heteroatoms. The highest BCUT2D eigenvalue weighted by Gasteiger charge is 2.20. The number of aryl methyl sites for hydroxylation is 1. The first-order valence-electron chi connectivity index (χ1n) is 10.7. The zero-order valence-corrected chi connectivity index (χ0v) is 19.6. The molecule has 4 rings (SSSR count). The number of carbonyl (C=O) groups excluding carboxylic acids is 1. The lowest BCUT2D eigenvalue weighted by Crippen LogP contribution is -2.30. The number of hydrogen-bond donors (Lipinski definition) is 1. The van der Waals surface area contributed by atoms with Gasteiger partial charge in [0.1, 0.15) is 0 Å². The van der Waals surface area contributed by atoms with Gasteiger partial charge in [-0.25, -0.2) is 8.42 Å².